The Morgan fingerprint density at radius 3 is 1.14 bits per heavy atom. The average molecular weight is 617 g/mol. The molecule has 0 saturated carbocycles. The van der Waals surface area contributed by atoms with Crippen LogP contribution in [0.2, 0.25) is 0 Å². The van der Waals surface area contributed by atoms with Crippen LogP contribution in [0.4, 0.5) is 0 Å². The van der Waals surface area contributed by atoms with Crippen LogP contribution in [-0.2, 0) is 0 Å². The first-order valence-electron chi connectivity index (χ1n) is 20.4. The lowest BCUT2D eigenvalue weighted by molar-refractivity contribution is 0.253. The molecule has 0 amide bonds. The Balaban J connectivity index is 4.10. The lowest BCUT2D eigenvalue weighted by Crippen LogP contribution is -2.16. The van der Waals surface area contributed by atoms with Crippen LogP contribution < -0.4 is 0 Å². The third kappa shape index (κ3) is 26.9. The van der Waals surface area contributed by atoms with Gasteiger partial charge in [-0.15, -0.1) is 0 Å². The van der Waals surface area contributed by atoms with Crippen LogP contribution in [-0.4, -0.2) is 0 Å². The highest BCUT2D eigenvalue weighted by atomic mass is 14.3. The van der Waals surface area contributed by atoms with Crippen molar-refractivity contribution in [1.82, 2.24) is 0 Å². The van der Waals surface area contributed by atoms with Gasteiger partial charge in [-0.1, -0.05) is 203 Å². The van der Waals surface area contributed by atoms with Gasteiger partial charge in [0.1, 0.15) is 0 Å². The molecule has 0 bridgehead atoms. The molecule has 0 spiro atoms. The molecule has 6 unspecified atom stereocenters. The zero-order chi connectivity index (χ0) is 33.4. The maximum atomic E-state index is 2.62. The normalized spacial score (nSPS) is 17.5. The van der Waals surface area contributed by atoms with E-state index >= 15 is 0 Å². The third-order valence-electron chi connectivity index (χ3n) is 11.4. The average Bonchev–Trinajstić information content (AvgIpc) is 2.94. The van der Waals surface area contributed by atoms with Crippen molar-refractivity contribution in [3.63, 3.8) is 0 Å². The van der Waals surface area contributed by atoms with Gasteiger partial charge in [0.25, 0.3) is 0 Å². The van der Waals surface area contributed by atoms with Gasteiger partial charge in [0.15, 0.2) is 0 Å². The molecule has 0 heterocycles. The molecule has 0 saturated heterocycles. The fourth-order valence-electron chi connectivity index (χ4n) is 7.19. The van der Waals surface area contributed by atoms with Crippen molar-refractivity contribution in [1.29, 1.82) is 0 Å². The Morgan fingerprint density at radius 2 is 0.795 bits per heavy atom. The highest BCUT2D eigenvalue weighted by Crippen LogP contribution is 2.35. The lowest BCUT2D eigenvalue weighted by Gasteiger charge is -2.29. The van der Waals surface area contributed by atoms with Crippen molar-refractivity contribution in [2.45, 2.75) is 224 Å². The van der Waals surface area contributed by atoms with Crippen molar-refractivity contribution in [2.24, 2.45) is 46.8 Å². The van der Waals surface area contributed by atoms with Gasteiger partial charge in [-0.05, 0) is 79.4 Å². The van der Waals surface area contributed by atoms with E-state index in [1.807, 2.05) is 0 Å². The summed E-state index contributed by atoms with van der Waals surface area (Å²) >= 11 is 0. The Bertz CT molecular complexity index is 655. The van der Waals surface area contributed by atoms with Crippen LogP contribution in [0.5, 0.6) is 0 Å². The van der Waals surface area contributed by atoms with E-state index < -0.39 is 0 Å². The van der Waals surface area contributed by atoms with Crippen molar-refractivity contribution in [3.8, 4) is 0 Å². The number of hydrogen-bond donors (Lipinski definition) is 0. The minimum absolute atomic E-state index is 0.480. The van der Waals surface area contributed by atoms with E-state index in [4.69, 9.17) is 0 Å². The molecule has 0 aliphatic rings. The molecule has 0 N–H and O–H groups in total. The molecule has 0 aliphatic carbocycles. The van der Waals surface area contributed by atoms with Crippen molar-refractivity contribution in [2.75, 3.05) is 0 Å². The minimum Gasteiger partial charge on any atom is -0.0851 e. The molecule has 6 atom stereocenters. The maximum Gasteiger partial charge on any atom is -0.0294 e. The molecular formula is C44H88. The Labute approximate surface area is 282 Å². The number of allylic oxidation sites excluding steroid dienone is 2. The number of hydrogen-bond acceptors (Lipinski definition) is 0. The highest BCUT2D eigenvalue weighted by molar-refractivity contribution is 5.00. The zero-order valence-corrected chi connectivity index (χ0v) is 33.2. The summed E-state index contributed by atoms with van der Waals surface area (Å²) < 4.78 is 0. The van der Waals surface area contributed by atoms with E-state index in [1.54, 1.807) is 5.57 Å². The fourth-order valence-corrected chi connectivity index (χ4v) is 7.19. The van der Waals surface area contributed by atoms with Crippen molar-refractivity contribution >= 4 is 0 Å². The predicted octanol–water partition coefficient (Wildman–Crippen LogP) is 16.0. The summed E-state index contributed by atoms with van der Waals surface area (Å²) in [5.74, 6) is 6.26. The van der Waals surface area contributed by atoms with E-state index in [0.29, 0.717) is 5.41 Å². The van der Waals surface area contributed by atoms with E-state index in [9.17, 15) is 0 Å². The van der Waals surface area contributed by atoms with Gasteiger partial charge in [-0.3, -0.25) is 0 Å². The zero-order valence-electron chi connectivity index (χ0n) is 33.2. The summed E-state index contributed by atoms with van der Waals surface area (Å²) in [7, 11) is 0. The van der Waals surface area contributed by atoms with Crippen LogP contribution >= 0.6 is 0 Å². The van der Waals surface area contributed by atoms with Gasteiger partial charge >= 0.3 is 0 Å². The number of rotatable bonds is 30. The summed E-state index contributed by atoms with van der Waals surface area (Å²) in [5.41, 5.74) is 2.12. The monoisotopic (exact) mass is 617 g/mol. The summed E-state index contributed by atoms with van der Waals surface area (Å²) in [6.07, 6.45) is 33.6. The van der Waals surface area contributed by atoms with Gasteiger partial charge < -0.3 is 0 Å². The Kier molecular flexibility index (Phi) is 26.6. The summed E-state index contributed by atoms with van der Waals surface area (Å²) in [5, 5.41) is 0. The van der Waals surface area contributed by atoms with Crippen molar-refractivity contribution < 1.29 is 0 Å². The molecule has 0 heteroatoms. The SMILES string of the molecule is CCC(C)(CC=C(C)CCCC(C)CCCC(C)CCCC(C)C)CCC(C)CCCC(C)CCCC(C)CCCC(C)C. The summed E-state index contributed by atoms with van der Waals surface area (Å²) in [6.45, 7) is 29.3. The quantitative estimate of drug-likeness (QED) is 0.0704. The molecule has 0 aromatic carbocycles. The van der Waals surface area contributed by atoms with E-state index in [1.165, 1.54) is 141 Å². The van der Waals surface area contributed by atoms with E-state index in [0.717, 1.165) is 41.4 Å². The van der Waals surface area contributed by atoms with Crippen LogP contribution in [0.25, 0.3) is 0 Å². The molecule has 0 rings (SSSR count). The second kappa shape index (κ2) is 26.8. The van der Waals surface area contributed by atoms with Crippen LogP contribution in [0.3, 0.4) is 0 Å². The minimum atomic E-state index is 0.480. The molecule has 0 aliphatic heterocycles. The van der Waals surface area contributed by atoms with Gasteiger partial charge in [-0.25, -0.2) is 0 Å². The molecule has 0 radical (unpaired) electrons. The molecule has 264 valence electrons. The van der Waals surface area contributed by atoms with Gasteiger partial charge in [0.05, 0.1) is 0 Å². The highest BCUT2D eigenvalue weighted by Gasteiger charge is 2.22. The molecule has 0 nitrogen and oxygen atoms in total. The second-order valence-corrected chi connectivity index (χ2v) is 17.8. The molecule has 0 aromatic heterocycles. The van der Waals surface area contributed by atoms with Crippen LogP contribution in [0.1, 0.15) is 224 Å². The van der Waals surface area contributed by atoms with Crippen molar-refractivity contribution in [3.05, 3.63) is 11.6 Å². The Hall–Kier alpha value is -0.260. The van der Waals surface area contributed by atoms with Gasteiger partial charge in [0, 0.05) is 0 Å². The predicted molar refractivity (Wildman–Crippen MR) is 205 cm³/mol. The largest absolute Gasteiger partial charge is 0.0851 e. The molecule has 44 heavy (non-hydrogen) atoms. The van der Waals surface area contributed by atoms with Crippen LogP contribution in [0.15, 0.2) is 11.6 Å². The molecular weight excluding hydrogens is 528 g/mol. The lowest BCUT2D eigenvalue weighted by atomic mass is 9.77. The van der Waals surface area contributed by atoms with E-state index in [2.05, 4.69) is 89.2 Å². The first-order chi connectivity index (χ1) is 20.8. The fraction of sp³-hybridized carbons (Fsp3) is 0.955. The standard InChI is InChI=1S/C44H88/c1-13-44(12,34-32-42(10)30-18-28-40(8)26-16-24-38(6)22-14-20-36(2)3)35-33-43(11)31-19-29-41(9)27-17-25-39(7)23-15-21-37(4)5/h32,36-41,43H,13-31,33-35H2,1-12H3. The van der Waals surface area contributed by atoms with E-state index in [-0.39, 0.29) is 0 Å². The van der Waals surface area contributed by atoms with Gasteiger partial charge in [-0.2, -0.15) is 0 Å². The molecule has 0 fully saturated rings. The maximum absolute atomic E-state index is 2.62. The third-order valence-corrected chi connectivity index (χ3v) is 11.4. The summed E-state index contributed by atoms with van der Waals surface area (Å²) in [6, 6.07) is 0. The smallest absolute Gasteiger partial charge is 0.0294 e. The first kappa shape index (κ1) is 43.7. The van der Waals surface area contributed by atoms with Gasteiger partial charge in [0.2, 0.25) is 0 Å². The second-order valence-electron chi connectivity index (χ2n) is 17.8. The van der Waals surface area contributed by atoms with Crippen LogP contribution in [0, 0.1) is 46.8 Å². The molecule has 0 aromatic rings. The first-order valence-corrected chi connectivity index (χ1v) is 20.4. The Morgan fingerprint density at radius 1 is 0.477 bits per heavy atom. The summed E-state index contributed by atoms with van der Waals surface area (Å²) in [4.78, 5) is 0. The topological polar surface area (TPSA) is 0 Å².